The first-order valence-electron chi connectivity index (χ1n) is 6.75. The van der Waals surface area contributed by atoms with Gasteiger partial charge in [-0.15, -0.1) is 0 Å². The van der Waals surface area contributed by atoms with Crippen molar-refractivity contribution in [1.29, 1.82) is 0 Å². The summed E-state index contributed by atoms with van der Waals surface area (Å²) in [5.74, 6) is 0. The Balaban J connectivity index is 1.80. The average molecular weight is 227 g/mol. The van der Waals surface area contributed by atoms with Crippen molar-refractivity contribution in [3.05, 3.63) is 0 Å². The molecular formula is C13H25NO2. The highest BCUT2D eigenvalue weighted by atomic mass is 16.3. The molecule has 0 unspecified atom stereocenters. The maximum Gasteiger partial charge on any atom is 0.0541 e. The molecule has 0 aromatic rings. The van der Waals surface area contributed by atoms with Crippen molar-refractivity contribution in [1.82, 2.24) is 4.90 Å². The second kappa shape index (κ2) is 5.48. The molecule has 3 heteroatoms. The zero-order valence-corrected chi connectivity index (χ0v) is 10.3. The Morgan fingerprint density at radius 1 is 0.688 bits per heavy atom. The SMILES string of the molecule is CN(C1CCC(O)CC1)C1CCC(O)CC1. The van der Waals surface area contributed by atoms with Gasteiger partial charge in [0.15, 0.2) is 0 Å². The van der Waals surface area contributed by atoms with Crippen molar-refractivity contribution < 1.29 is 10.2 Å². The van der Waals surface area contributed by atoms with Crippen LogP contribution in [-0.4, -0.2) is 46.5 Å². The molecule has 0 aromatic carbocycles. The van der Waals surface area contributed by atoms with Crippen LogP contribution in [-0.2, 0) is 0 Å². The lowest BCUT2D eigenvalue weighted by Gasteiger charge is -2.40. The fraction of sp³-hybridized carbons (Fsp3) is 1.00. The van der Waals surface area contributed by atoms with Gasteiger partial charge in [-0.25, -0.2) is 0 Å². The van der Waals surface area contributed by atoms with E-state index < -0.39 is 0 Å². The molecule has 0 radical (unpaired) electrons. The van der Waals surface area contributed by atoms with E-state index in [0.717, 1.165) is 51.4 Å². The van der Waals surface area contributed by atoms with Gasteiger partial charge in [0.1, 0.15) is 0 Å². The molecule has 2 N–H and O–H groups in total. The topological polar surface area (TPSA) is 43.7 Å². The molecule has 2 saturated carbocycles. The smallest absolute Gasteiger partial charge is 0.0541 e. The summed E-state index contributed by atoms with van der Waals surface area (Å²) in [4.78, 5) is 2.51. The number of rotatable bonds is 2. The Morgan fingerprint density at radius 3 is 1.31 bits per heavy atom. The van der Waals surface area contributed by atoms with Crippen LogP contribution in [0.1, 0.15) is 51.4 Å². The molecule has 0 heterocycles. The van der Waals surface area contributed by atoms with E-state index in [1.54, 1.807) is 0 Å². The molecule has 2 rings (SSSR count). The molecular weight excluding hydrogens is 202 g/mol. The van der Waals surface area contributed by atoms with Gasteiger partial charge in [-0.1, -0.05) is 0 Å². The Bertz CT molecular complexity index is 184. The first-order valence-corrected chi connectivity index (χ1v) is 6.75. The zero-order chi connectivity index (χ0) is 11.5. The number of nitrogens with zero attached hydrogens (tertiary/aromatic N) is 1. The minimum absolute atomic E-state index is 0.0576. The lowest BCUT2D eigenvalue weighted by Crippen LogP contribution is -2.44. The van der Waals surface area contributed by atoms with Crippen LogP contribution in [0.4, 0.5) is 0 Å². The van der Waals surface area contributed by atoms with Crippen molar-refractivity contribution in [3.63, 3.8) is 0 Å². The number of hydrogen-bond acceptors (Lipinski definition) is 3. The fourth-order valence-electron chi connectivity index (χ4n) is 3.23. The number of aliphatic hydroxyl groups excluding tert-OH is 2. The van der Waals surface area contributed by atoms with Crippen LogP contribution >= 0.6 is 0 Å². The molecule has 0 saturated heterocycles. The third-order valence-corrected chi connectivity index (χ3v) is 4.48. The third kappa shape index (κ3) is 2.96. The van der Waals surface area contributed by atoms with Crippen LogP contribution in [0, 0.1) is 0 Å². The van der Waals surface area contributed by atoms with Crippen LogP contribution in [0.15, 0.2) is 0 Å². The van der Waals surface area contributed by atoms with Gasteiger partial charge in [0.25, 0.3) is 0 Å². The molecule has 2 aliphatic carbocycles. The highest BCUT2D eigenvalue weighted by Gasteiger charge is 2.29. The first kappa shape index (κ1) is 12.3. The van der Waals surface area contributed by atoms with E-state index in [9.17, 15) is 10.2 Å². The average Bonchev–Trinajstić information content (AvgIpc) is 2.30. The van der Waals surface area contributed by atoms with Crippen molar-refractivity contribution in [2.45, 2.75) is 75.7 Å². The van der Waals surface area contributed by atoms with Gasteiger partial charge in [0.2, 0.25) is 0 Å². The number of aliphatic hydroxyl groups is 2. The molecule has 0 aliphatic heterocycles. The van der Waals surface area contributed by atoms with E-state index >= 15 is 0 Å². The Labute approximate surface area is 98.5 Å². The summed E-state index contributed by atoms with van der Waals surface area (Å²) >= 11 is 0. The second-order valence-electron chi connectivity index (χ2n) is 5.59. The van der Waals surface area contributed by atoms with Crippen LogP contribution in [0.3, 0.4) is 0 Å². The quantitative estimate of drug-likeness (QED) is 0.752. The predicted octanol–water partition coefficient (Wildman–Crippen LogP) is 1.53. The molecule has 3 nitrogen and oxygen atoms in total. The summed E-state index contributed by atoms with van der Waals surface area (Å²) in [5, 5.41) is 19.0. The standard InChI is InChI=1S/C13H25NO2/c1-14(10-2-6-12(15)7-3-10)11-4-8-13(16)9-5-11/h10-13,15-16H,2-9H2,1H3. The van der Waals surface area contributed by atoms with Crippen molar-refractivity contribution in [2.75, 3.05) is 7.05 Å². The van der Waals surface area contributed by atoms with Crippen LogP contribution < -0.4 is 0 Å². The van der Waals surface area contributed by atoms with Gasteiger partial charge in [0, 0.05) is 12.1 Å². The van der Waals surface area contributed by atoms with Crippen molar-refractivity contribution in [2.24, 2.45) is 0 Å². The van der Waals surface area contributed by atoms with Gasteiger partial charge in [-0.05, 0) is 58.4 Å². The maximum atomic E-state index is 9.50. The van der Waals surface area contributed by atoms with Gasteiger partial charge in [-0.3, -0.25) is 0 Å². The highest BCUT2D eigenvalue weighted by molar-refractivity contribution is 4.84. The molecule has 2 fully saturated rings. The van der Waals surface area contributed by atoms with Crippen LogP contribution in [0.2, 0.25) is 0 Å². The summed E-state index contributed by atoms with van der Waals surface area (Å²) in [6, 6.07) is 1.31. The third-order valence-electron chi connectivity index (χ3n) is 4.48. The van der Waals surface area contributed by atoms with Gasteiger partial charge in [0.05, 0.1) is 12.2 Å². The summed E-state index contributed by atoms with van der Waals surface area (Å²) in [5.41, 5.74) is 0. The molecule has 0 amide bonds. The Kier molecular flexibility index (Phi) is 4.22. The monoisotopic (exact) mass is 227 g/mol. The van der Waals surface area contributed by atoms with E-state index in [1.165, 1.54) is 0 Å². The van der Waals surface area contributed by atoms with E-state index in [2.05, 4.69) is 11.9 Å². The summed E-state index contributed by atoms with van der Waals surface area (Å²) in [6.45, 7) is 0. The van der Waals surface area contributed by atoms with E-state index in [4.69, 9.17) is 0 Å². The van der Waals surface area contributed by atoms with Crippen molar-refractivity contribution in [3.8, 4) is 0 Å². The number of hydrogen-bond donors (Lipinski definition) is 2. The minimum Gasteiger partial charge on any atom is -0.393 e. The van der Waals surface area contributed by atoms with Crippen LogP contribution in [0.5, 0.6) is 0 Å². The Morgan fingerprint density at radius 2 is 1.00 bits per heavy atom. The minimum atomic E-state index is -0.0576. The molecule has 0 atom stereocenters. The zero-order valence-electron chi connectivity index (χ0n) is 10.3. The molecule has 0 spiro atoms. The maximum absolute atomic E-state index is 9.50. The second-order valence-corrected chi connectivity index (χ2v) is 5.59. The lowest BCUT2D eigenvalue weighted by molar-refractivity contribution is 0.0358. The van der Waals surface area contributed by atoms with E-state index in [1.807, 2.05) is 0 Å². The summed E-state index contributed by atoms with van der Waals surface area (Å²) < 4.78 is 0. The van der Waals surface area contributed by atoms with E-state index in [-0.39, 0.29) is 12.2 Å². The molecule has 94 valence electrons. The van der Waals surface area contributed by atoms with Gasteiger partial charge < -0.3 is 15.1 Å². The summed E-state index contributed by atoms with van der Waals surface area (Å²) in [7, 11) is 2.23. The van der Waals surface area contributed by atoms with Gasteiger partial charge in [-0.2, -0.15) is 0 Å². The normalized spacial score (nSPS) is 41.2. The predicted molar refractivity (Wildman–Crippen MR) is 64.3 cm³/mol. The molecule has 0 bridgehead atoms. The fourth-order valence-corrected chi connectivity index (χ4v) is 3.23. The molecule has 0 aromatic heterocycles. The lowest BCUT2D eigenvalue weighted by atomic mass is 9.87. The first-order chi connectivity index (χ1) is 7.66. The van der Waals surface area contributed by atoms with E-state index in [0.29, 0.717) is 12.1 Å². The Hall–Kier alpha value is -0.120. The molecule has 16 heavy (non-hydrogen) atoms. The van der Waals surface area contributed by atoms with Gasteiger partial charge >= 0.3 is 0 Å². The highest BCUT2D eigenvalue weighted by Crippen LogP contribution is 2.29. The summed E-state index contributed by atoms with van der Waals surface area (Å²) in [6.07, 6.45) is 8.28. The largest absolute Gasteiger partial charge is 0.393 e. The van der Waals surface area contributed by atoms with Crippen molar-refractivity contribution >= 4 is 0 Å². The molecule has 2 aliphatic rings. The van der Waals surface area contributed by atoms with Crippen LogP contribution in [0.25, 0.3) is 0 Å².